The minimum atomic E-state index is -0.832. The molecule has 0 radical (unpaired) electrons. The normalized spacial score (nSPS) is 47.8. The zero-order chi connectivity index (χ0) is 10.5. The molecule has 5 nitrogen and oxygen atoms in total. The molecule has 5 atom stereocenters. The van der Waals surface area contributed by atoms with Gasteiger partial charge in [0.1, 0.15) is 18.3 Å². The van der Waals surface area contributed by atoms with E-state index in [1.54, 1.807) is 20.8 Å². The number of fused-ring (bicyclic) bond motifs is 1. The molecule has 0 amide bonds. The first-order valence-electron chi connectivity index (χ1n) is 4.78. The van der Waals surface area contributed by atoms with E-state index in [0.29, 0.717) is 0 Å². The Morgan fingerprint density at radius 2 is 1.93 bits per heavy atom. The minimum absolute atomic E-state index is 0.496. The van der Waals surface area contributed by atoms with Crippen LogP contribution in [0.15, 0.2) is 0 Å². The van der Waals surface area contributed by atoms with Gasteiger partial charge in [-0.1, -0.05) is 0 Å². The molecule has 2 fully saturated rings. The van der Waals surface area contributed by atoms with Gasteiger partial charge in [0.15, 0.2) is 12.1 Å². The minimum Gasteiger partial charge on any atom is -0.391 e. The van der Waals surface area contributed by atoms with Crippen molar-refractivity contribution in [2.45, 2.75) is 57.3 Å². The molecule has 0 unspecified atom stereocenters. The van der Waals surface area contributed by atoms with E-state index in [4.69, 9.17) is 14.2 Å². The van der Waals surface area contributed by atoms with Crippen molar-refractivity contribution in [1.29, 1.82) is 0 Å². The van der Waals surface area contributed by atoms with Crippen LogP contribution in [-0.4, -0.2) is 46.7 Å². The van der Waals surface area contributed by atoms with Crippen LogP contribution < -0.4 is 0 Å². The van der Waals surface area contributed by atoms with Gasteiger partial charge in [-0.2, -0.15) is 0 Å². The third-order valence-corrected chi connectivity index (χ3v) is 2.53. The lowest BCUT2D eigenvalue weighted by atomic mass is 10.1. The number of hydrogen-bond donors (Lipinski definition) is 2. The molecule has 0 aromatic rings. The highest BCUT2D eigenvalue weighted by atomic mass is 16.8. The zero-order valence-electron chi connectivity index (χ0n) is 8.51. The lowest BCUT2D eigenvalue weighted by Gasteiger charge is -2.24. The van der Waals surface area contributed by atoms with Crippen molar-refractivity contribution in [2.24, 2.45) is 0 Å². The molecular weight excluding hydrogens is 188 g/mol. The van der Waals surface area contributed by atoms with Crippen LogP contribution in [0.2, 0.25) is 0 Å². The van der Waals surface area contributed by atoms with Crippen molar-refractivity contribution >= 4 is 0 Å². The fourth-order valence-corrected chi connectivity index (χ4v) is 1.92. The van der Waals surface area contributed by atoms with Gasteiger partial charge in [0.2, 0.25) is 0 Å². The molecule has 2 saturated heterocycles. The molecule has 0 spiro atoms. The van der Waals surface area contributed by atoms with Gasteiger partial charge in [0.05, 0.1) is 6.10 Å². The molecule has 2 N–H and O–H groups in total. The predicted octanol–water partition coefficient (Wildman–Crippen LogP) is -0.396. The Balaban J connectivity index is 2.08. The molecule has 82 valence electrons. The third-order valence-electron chi connectivity index (χ3n) is 2.53. The average molecular weight is 204 g/mol. The monoisotopic (exact) mass is 204 g/mol. The summed E-state index contributed by atoms with van der Waals surface area (Å²) in [4.78, 5) is 0. The highest BCUT2D eigenvalue weighted by Crippen LogP contribution is 2.37. The molecule has 0 saturated carbocycles. The summed E-state index contributed by atoms with van der Waals surface area (Å²) >= 11 is 0. The van der Waals surface area contributed by atoms with E-state index in [9.17, 15) is 10.2 Å². The van der Waals surface area contributed by atoms with E-state index in [0.717, 1.165) is 0 Å². The Bertz CT molecular complexity index is 225. The number of aliphatic hydroxyl groups excluding tert-OH is 2. The fourth-order valence-electron chi connectivity index (χ4n) is 1.92. The second-order valence-electron chi connectivity index (χ2n) is 4.30. The molecule has 2 heterocycles. The average Bonchev–Trinajstić information content (AvgIpc) is 2.46. The number of aliphatic hydroxyl groups is 2. The van der Waals surface area contributed by atoms with Gasteiger partial charge in [-0.15, -0.1) is 0 Å². The molecule has 0 aromatic heterocycles. The van der Waals surface area contributed by atoms with Crippen molar-refractivity contribution in [2.75, 3.05) is 0 Å². The summed E-state index contributed by atoms with van der Waals surface area (Å²) in [6, 6.07) is 0. The second kappa shape index (κ2) is 3.15. The van der Waals surface area contributed by atoms with E-state index in [-0.39, 0.29) is 0 Å². The van der Waals surface area contributed by atoms with Crippen LogP contribution in [0, 0.1) is 0 Å². The molecule has 2 rings (SSSR count). The van der Waals surface area contributed by atoms with Crippen molar-refractivity contribution in [3.63, 3.8) is 0 Å². The third kappa shape index (κ3) is 1.55. The lowest BCUT2D eigenvalue weighted by Crippen LogP contribution is -2.39. The van der Waals surface area contributed by atoms with Gasteiger partial charge in [-0.25, -0.2) is 0 Å². The van der Waals surface area contributed by atoms with Crippen LogP contribution in [0.3, 0.4) is 0 Å². The largest absolute Gasteiger partial charge is 0.391 e. The van der Waals surface area contributed by atoms with Gasteiger partial charge < -0.3 is 24.4 Å². The summed E-state index contributed by atoms with van der Waals surface area (Å²) in [6.45, 7) is 5.09. The quantitative estimate of drug-likeness (QED) is 0.608. The number of hydrogen-bond acceptors (Lipinski definition) is 5. The first-order chi connectivity index (χ1) is 6.41. The Morgan fingerprint density at radius 3 is 2.43 bits per heavy atom. The molecule has 2 aliphatic heterocycles. The van der Waals surface area contributed by atoms with Crippen molar-refractivity contribution < 1.29 is 24.4 Å². The van der Waals surface area contributed by atoms with E-state index in [1.807, 2.05) is 0 Å². The van der Waals surface area contributed by atoms with Crippen LogP contribution in [-0.2, 0) is 14.2 Å². The van der Waals surface area contributed by atoms with Gasteiger partial charge in [-0.05, 0) is 20.8 Å². The second-order valence-corrected chi connectivity index (χ2v) is 4.30. The Hall–Kier alpha value is -0.200. The summed E-state index contributed by atoms with van der Waals surface area (Å²) < 4.78 is 16.2. The summed E-state index contributed by atoms with van der Waals surface area (Å²) in [6.07, 6.45) is -3.25. The highest BCUT2D eigenvalue weighted by molar-refractivity contribution is 4.94. The highest BCUT2D eigenvalue weighted by Gasteiger charge is 2.55. The van der Waals surface area contributed by atoms with Crippen LogP contribution in [0.5, 0.6) is 0 Å². The maximum Gasteiger partial charge on any atom is 0.190 e. The van der Waals surface area contributed by atoms with Gasteiger partial charge >= 0.3 is 0 Å². The first-order valence-corrected chi connectivity index (χ1v) is 4.78. The number of rotatable bonds is 1. The summed E-state index contributed by atoms with van der Waals surface area (Å²) in [7, 11) is 0. The molecule has 0 aromatic carbocycles. The molecule has 2 aliphatic rings. The van der Waals surface area contributed by atoms with Crippen LogP contribution in [0.25, 0.3) is 0 Å². The molecule has 0 aliphatic carbocycles. The van der Waals surface area contributed by atoms with E-state index in [2.05, 4.69) is 0 Å². The SMILES string of the molecule is C[C@H](O)[C@H]1O[C@H]2OC(C)(C)O[C@@H]2[C@H]1O. The zero-order valence-corrected chi connectivity index (χ0v) is 8.51. The Kier molecular flexibility index (Phi) is 2.32. The van der Waals surface area contributed by atoms with Crippen LogP contribution in [0.4, 0.5) is 0 Å². The smallest absolute Gasteiger partial charge is 0.190 e. The fraction of sp³-hybridized carbons (Fsp3) is 1.00. The van der Waals surface area contributed by atoms with Gasteiger partial charge in [0.25, 0.3) is 0 Å². The van der Waals surface area contributed by atoms with E-state index in [1.165, 1.54) is 0 Å². The van der Waals surface area contributed by atoms with Gasteiger partial charge in [-0.3, -0.25) is 0 Å². The van der Waals surface area contributed by atoms with Crippen molar-refractivity contribution in [3.05, 3.63) is 0 Å². The van der Waals surface area contributed by atoms with Crippen LogP contribution >= 0.6 is 0 Å². The number of ether oxygens (including phenoxy) is 3. The Morgan fingerprint density at radius 1 is 1.29 bits per heavy atom. The van der Waals surface area contributed by atoms with E-state index < -0.39 is 36.5 Å². The topological polar surface area (TPSA) is 68.2 Å². The summed E-state index contributed by atoms with van der Waals surface area (Å²) in [5.74, 6) is -0.722. The maximum absolute atomic E-state index is 9.77. The molecule has 14 heavy (non-hydrogen) atoms. The van der Waals surface area contributed by atoms with Gasteiger partial charge in [0, 0.05) is 0 Å². The van der Waals surface area contributed by atoms with Crippen LogP contribution in [0.1, 0.15) is 20.8 Å². The molecular formula is C9H16O5. The first kappa shape index (κ1) is 10.3. The van der Waals surface area contributed by atoms with Crippen molar-refractivity contribution in [3.8, 4) is 0 Å². The predicted molar refractivity (Wildman–Crippen MR) is 46.4 cm³/mol. The van der Waals surface area contributed by atoms with Crippen molar-refractivity contribution in [1.82, 2.24) is 0 Å². The summed E-state index contributed by atoms with van der Waals surface area (Å²) in [5.41, 5.74) is 0. The molecule has 5 heteroatoms. The Labute approximate surface area is 82.6 Å². The maximum atomic E-state index is 9.77. The summed E-state index contributed by atoms with van der Waals surface area (Å²) in [5, 5.41) is 19.1. The lowest BCUT2D eigenvalue weighted by molar-refractivity contribution is -0.224. The van der Waals surface area contributed by atoms with E-state index >= 15 is 0 Å². The standard InChI is InChI=1S/C9H16O5/c1-4(10)6-5(11)7-8(12-6)14-9(2,3)13-7/h4-8,10-11H,1-3H3/t4-,5-,6+,7+,8-/m0/s1. The molecule has 0 bridgehead atoms.